The van der Waals surface area contributed by atoms with Crippen molar-refractivity contribution in [1.82, 2.24) is 9.88 Å². The second kappa shape index (κ2) is 9.01. The average Bonchev–Trinajstić information content (AvgIpc) is 3.24. The van der Waals surface area contributed by atoms with Crippen LogP contribution in [0, 0.1) is 0 Å². The zero-order valence-electron chi connectivity index (χ0n) is 15.6. The number of ether oxygens (including phenoxy) is 1. The van der Waals surface area contributed by atoms with E-state index in [2.05, 4.69) is 4.90 Å². The van der Waals surface area contributed by atoms with E-state index < -0.39 is 0 Å². The van der Waals surface area contributed by atoms with Crippen molar-refractivity contribution >= 4 is 55.5 Å². The lowest BCUT2D eigenvalue weighted by Crippen LogP contribution is -2.32. The van der Waals surface area contributed by atoms with E-state index in [1.807, 2.05) is 39.2 Å². The summed E-state index contributed by atoms with van der Waals surface area (Å²) < 4.78 is 7.19. The van der Waals surface area contributed by atoms with Gasteiger partial charge in [-0.25, -0.2) is 4.98 Å². The van der Waals surface area contributed by atoms with Crippen LogP contribution >= 0.6 is 34.3 Å². The molecule has 0 atom stereocenters. The van der Waals surface area contributed by atoms with Gasteiger partial charge in [0.1, 0.15) is 5.75 Å². The molecular weight excluding hydrogens is 402 g/mol. The molecule has 0 spiro atoms. The number of aromatic nitrogens is 1. The molecule has 0 aliphatic heterocycles. The molecule has 2 heterocycles. The van der Waals surface area contributed by atoms with Gasteiger partial charge in [0.05, 0.1) is 26.0 Å². The van der Waals surface area contributed by atoms with Crippen LogP contribution in [0.1, 0.15) is 23.0 Å². The van der Waals surface area contributed by atoms with Crippen molar-refractivity contribution in [1.29, 1.82) is 0 Å². The number of anilines is 1. The first kappa shape index (κ1) is 20.1. The van der Waals surface area contributed by atoms with Gasteiger partial charge in [-0.1, -0.05) is 22.9 Å². The van der Waals surface area contributed by atoms with Crippen molar-refractivity contribution in [2.24, 2.45) is 0 Å². The highest BCUT2D eigenvalue weighted by atomic mass is 35.5. The van der Waals surface area contributed by atoms with E-state index in [1.54, 1.807) is 17.0 Å². The van der Waals surface area contributed by atoms with Gasteiger partial charge in [0.2, 0.25) is 0 Å². The van der Waals surface area contributed by atoms with E-state index in [-0.39, 0.29) is 5.91 Å². The predicted octanol–water partition coefficient (Wildman–Crippen LogP) is 5.01. The fourth-order valence-corrected chi connectivity index (χ4v) is 4.67. The molecule has 8 heteroatoms. The molecule has 0 N–H and O–H groups in total. The van der Waals surface area contributed by atoms with Crippen molar-refractivity contribution in [3.63, 3.8) is 0 Å². The predicted molar refractivity (Wildman–Crippen MR) is 115 cm³/mol. The lowest BCUT2D eigenvalue weighted by molar-refractivity contribution is 0.0990. The van der Waals surface area contributed by atoms with Gasteiger partial charge < -0.3 is 9.64 Å². The summed E-state index contributed by atoms with van der Waals surface area (Å²) in [7, 11) is 4.05. The molecule has 0 radical (unpaired) electrons. The van der Waals surface area contributed by atoms with Crippen molar-refractivity contribution < 1.29 is 9.53 Å². The monoisotopic (exact) mass is 423 g/mol. The molecule has 144 valence electrons. The molecule has 0 aliphatic carbocycles. The number of thiazole rings is 1. The Morgan fingerprint density at radius 2 is 2.00 bits per heavy atom. The highest BCUT2D eigenvalue weighted by Gasteiger charge is 2.22. The van der Waals surface area contributed by atoms with Crippen LogP contribution in [0.5, 0.6) is 5.75 Å². The number of halogens is 1. The number of amides is 1. The van der Waals surface area contributed by atoms with Gasteiger partial charge in [-0.2, -0.15) is 0 Å². The first-order valence-electron chi connectivity index (χ1n) is 8.73. The Morgan fingerprint density at radius 1 is 1.19 bits per heavy atom. The van der Waals surface area contributed by atoms with E-state index in [1.165, 1.54) is 22.7 Å². The Hall–Kier alpha value is -1.67. The molecule has 3 rings (SSSR count). The number of rotatable bonds is 8. The minimum absolute atomic E-state index is 0.0604. The molecule has 0 saturated carbocycles. The molecule has 3 aromatic rings. The first-order chi connectivity index (χ1) is 13.0. The van der Waals surface area contributed by atoms with Gasteiger partial charge in [0, 0.05) is 6.54 Å². The molecule has 1 aromatic carbocycles. The number of thiophene rings is 1. The molecule has 0 aliphatic rings. The summed E-state index contributed by atoms with van der Waals surface area (Å²) in [5.41, 5.74) is 0.869. The smallest absolute Gasteiger partial charge is 0.270 e. The highest BCUT2D eigenvalue weighted by Crippen LogP contribution is 2.33. The SMILES string of the molecule is CCOc1ccc2nc(N(CCCN(C)C)C(=O)c3ccc(Cl)s3)sc2c1. The summed E-state index contributed by atoms with van der Waals surface area (Å²) in [4.78, 5) is 22.3. The number of hydrogen-bond acceptors (Lipinski definition) is 6. The Morgan fingerprint density at radius 3 is 2.67 bits per heavy atom. The standard InChI is InChI=1S/C19H22ClN3O2S2/c1-4-25-13-6-7-14-16(12-13)27-19(21-14)23(11-5-10-22(2)3)18(24)15-8-9-17(20)26-15/h6-9,12H,4-5,10-11H2,1-3H3. The maximum atomic E-state index is 13.1. The Kier molecular flexibility index (Phi) is 6.70. The maximum Gasteiger partial charge on any atom is 0.270 e. The zero-order chi connectivity index (χ0) is 19.4. The Balaban J connectivity index is 1.91. The van der Waals surface area contributed by atoms with Gasteiger partial charge in [0.25, 0.3) is 5.91 Å². The number of fused-ring (bicyclic) bond motifs is 1. The van der Waals surface area contributed by atoms with Crippen molar-refractivity contribution in [2.45, 2.75) is 13.3 Å². The van der Waals surface area contributed by atoms with Crippen LogP contribution in [0.15, 0.2) is 30.3 Å². The minimum Gasteiger partial charge on any atom is -0.494 e. The normalized spacial score (nSPS) is 11.3. The van der Waals surface area contributed by atoms with E-state index >= 15 is 0 Å². The summed E-state index contributed by atoms with van der Waals surface area (Å²) >= 11 is 8.83. The molecule has 0 bridgehead atoms. The molecule has 27 heavy (non-hydrogen) atoms. The van der Waals surface area contributed by atoms with Crippen LogP contribution in [-0.2, 0) is 0 Å². The van der Waals surface area contributed by atoms with Gasteiger partial charge >= 0.3 is 0 Å². The van der Waals surface area contributed by atoms with Crippen molar-refractivity contribution in [2.75, 3.05) is 38.7 Å². The molecule has 5 nitrogen and oxygen atoms in total. The summed E-state index contributed by atoms with van der Waals surface area (Å²) in [5, 5.41) is 0.701. The largest absolute Gasteiger partial charge is 0.494 e. The lowest BCUT2D eigenvalue weighted by atomic mass is 10.3. The average molecular weight is 424 g/mol. The topological polar surface area (TPSA) is 45.7 Å². The van der Waals surface area contributed by atoms with Crippen LogP contribution in [0.4, 0.5) is 5.13 Å². The summed E-state index contributed by atoms with van der Waals surface area (Å²) in [6, 6.07) is 9.35. The second-order valence-electron chi connectivity index (χ2n) is 6.28. The number of benzene rings is 1. The zero-order valence-corrected chi connectivity index (χ0v) is 18.0. The van der Waals surface area contributed by atoms with E-state index in [0.29, 0.717) is 27.5 Å². The van der Waals surface area contributed by atoms with E-state index in [0.717, 1.165) is 28.9 Å². The summed E-state index contributed by atoms with van der Waals surface area (Å²) in [6.45, 7) is 4.07. The van der Waals surface area contributed by atoms with Gasteiger partial charge in [0.15, 0.2) is 5.13 Å². The van der Waals surface area contributed by atoms with Gasteiger partial charge in [-0.15, -0.1) is 11.3 Å². The van der Waals surface area contributed by atoms with Gasteiger partial charge in [-0.3, -0.25) is 9.69 Å². The van der Waals surface area contributed by atoms with Crippen LogP contribution in [-0.4, -0.2) is 49.6 Å². The Bertz CT molecular complexity index is 923. The lowest BCUT2D eigenvalue weighted by Gasteiger charge is -2.20. The third kappa shape index (κ3) is 4.99. The summed E-state index contributed by atoms with van der Waals surface area (Å²) in [6.07, 6.45) is 0.859. The van der Waals surface area contributed by atoms with Crippen molar-refractivity contribution in [3.8, 4) is 5.75 Å². The number of nitrogens with zero attached hydrogens (tertiary/aromatic N) is 3. The molecule has 0 unspecified atom stereocenters. The fourth-order valence-electron chi connectivity index (χ4n) is 2.66. The van der Waals surface area contributed by atoms with Crippen LogP contribution in [0.25, 0.3) is 10.2 Å². The highest BCUT2D eigenvalue weighted by molar-refractivity contribution is 7.22. The molecule has 0 saturated heterocycles. The molecule has 0 fully saturated rings. The number of carbonyl (C=O) groups is 1. The fraction of sp³-hybridized carbons (Fsp3) is 0.368. The van der Waals surface area contributed by atoms with Crippen LogP contribution in [0.2, 0.25) is 4.34 Å². The maximum absolute atomic E-state index is 13.1. The van der Waals surface area contributed by atoms with Crippen LogP contribution in [0.3, 0.4) is 0 Å². The Labute approximate surface area is 172 Å². The van der Waals surface area contributed by atoms with Crippen LogP contribution < -0.4 is 9.64 Å². The molecular formula is C19H22ClN3O2S2. The third-order valence-electron chi connectivity index (χ3n) is 3.91. The molecule has 2 aromatic heterocycles. The minimum atomic E-state index is -0.0604. The number of carbonyl (C=O) groups excluding carboxylic acids is 1. The van der Waals surface area contributed by atoms with E-state index in [9.17, 15) is 4.79 Å². The quantitative estimate of drug-likeness (QED) is 0.511. The molecule has 1 amide bonds. The second-order valence-corrected chi connectivity index (χ2v) is 9.00. The number of hydrogen-bond donors (Lipinski definition) is 0. The third-order valence-corrected chi connectivity index (χ3v) is 6.17. The first-order valence-corrected chi connectivity index (χ1v) is 10.7. The van der Waals surface area contributed by atoms with Gasteiger partial charge in [-0.05, 0) is 64.3 Å². The van der Waals surface area contributed by atoms with E-state index in [4.69, 9.17) is 21.3 Å². The summed E-state index contributed by atoms with van der Waals surface area (Å²) in [5.74, 6) is 0.755. The van der Waals surface area contributed by atoms with Crippen molar-refractivity contribution in [3.05, 3.63) is 39.5 Å².